The smallest absolute Gasteiger partial charge is 0.0709 e. The van der Waals surface area contributed by atoms with Gasteiger partial charge >= 0.3 is 0 Å². The van der Waals surface area contributed by atoms with Crippen LogP contribution < -0.4 is 5.73 Å². The second kappa shape index (κ2) is 5.74. The van der Waals surface area contributed by atoms with Crippen molar-refractivity contribution >= 4 is 10.9 Å². The molecule has 1 aromatic carbocycles. The van der Waals surface area contributed by atoms with E-state index in [1.807, 2.05) is 0 Å². The quantitative estimate of drug-likeness (QED) is 0.864. The molecule has 104 valence electrons. The third-order valence-electron chi connectivity index (χ3n) is 4.51. The summed E-state index contributed by atoms with van der Waals surface area (Å²) in [7, 11) is 0. The Morgan fingerprint density at radius 2 is 1.84 bits per heavy atom. The third kappa shape index (κ3) is 2.52. The first-order valence-electron chi connectivity index (χ1n) is 7.34. The van der Waals surface area contributed by atoms with Gasteiger partial charge < -0.3 is 5.73 Å². The van der Waals surface area contributed by atoms with E-state index >= 15 is 0 Å². The van der Waals surface area contributed by atoms with Gasteiger partial charge in [-0.2, -0.15) is 5.10 Å². The van der Waals surface area contributed by atoms with Crippen LogP contribution in [0, 0.1) is 5.41 Å². The summed E-state index contributed by atoms with van der Waals surface area (Å²) >= 11 is 0. The molecule has 1 heterocycles. The maximum absolute atomic E-state index is 6.03. The summed E-state index contributed by atoms with van der Waals surface area (Å²) in [6.07, 6.45) is 3.19. The fraction of sp³-hybridized carbons (Fsp3) is 0.562. The maximum Gasteiger partial charge on any atom is 0.0709 e. The molecule has 2 N–H and O–H groups in total. The van der Waals surface area contributed by atoms with Crippen molar-refractivity contribution in [1.82, 2.24) is 9.78 Å². The SMILES string of the molecule is CCn1nc(CC(CC)(CC)CN)c2ccccc21. The van der Waals surface area contributed by atoms with E-state index in [1.165, 1.54) is 16.6 Å². The molecule has 0 radical (unpaired) electrons. The van der Waals surface area contributed by atoms with Crippen LogP contribution in [0.2, 0.25) is 0 Å². The number of nitrogens with two attached hydrogens (primary N) is 1. The third-order valence-corrected chi connectivity index (χ3v) is 4.51. The number of aromatic nitrogens is 2. The second-order valence-electron chi connectivity index (χ2n) is 5.37. The van der Waals surface area contributed by atoms with Gasteiger partial charge in [0.05, 0.1) is 11.2 Å². The lowest BCUT2D eigenvalue weighted by Gasteiger charge is -2.29. The highest BCUT2D eigenvalue weighted by molar-refractivity contribution is 5.82. The van der Waals surface area contributed by atoms with E-state index in [9.17, 15) is 0 Å². The molecule has 0 aliphatic carbocycles. The van der Waals surface area contributed by atoms with Gasteiger partial charge in [0.25, 0.3) is 0 Å². The van der Waals surface area contributed by atoms with Gasteiger partial charge in [0.2, 0.25) is 0 Å². The number of hydrogen-bond acceptors (Lipinski definition) is 2. The Morgan fingerprint density at radius 3 is 2.42 bits per heavy atom. The number of benzene rings is 1. The topological polar surface area (TPSA) is 43.8 Å². The van der Waals surface area contributed by atoms with Crippen LogP contribution in [-0.2, 0) is 13.0 Å². The van der Waals surface area contributed by atoms with Crippen LogP contribution in [0.15, 0.2) is 24.3 Å². The Bertz CT molecular complexity index is 530. The zero-order chi connectivity index (χ0) is 13.9. The Hall–Kier alpha value is -1.35. The van der Waals surface area contributed by atoms with Crippen LogP contribution in [0.25, 0.3) is 10.9 Å². The molecule has 0 fully saturated rings. The first-order chi connectivity index (χ1) is 9.19. The molecule has 3 nitrogen and oxygen atoms in total. The van der Waals surface area contributed by atoms with Crippen molar-refractivity contribution in [3.8, 4) is 0 Å². The average Bonchev–Trinajstić information content (AvgIpc) is 2.83. The highest BCUT2D eigenvalue weighted by Crippen LogP contribution is 2.32. The molecule has 3 heteroatoms. The van der Waals surface area contributed by atoms with Crippen LogP contribution in [-0.4, -0.2) is 16.3 Å². The molecule has 19 heavy (non-hydrogen) atoms. The van der Waals surface area contributed by atoms with Crippen molar-refractivity contribution in [2.75, 3.05) is 6.54 Å². The van der Waals surface area contributed by atoms with Crippen LogP contribution in [0.5, 0.6) is 0 Å². The van der Waals surface area contributed by atoms with E-state index in [0.717, 1.165) is 32.4 Å². The summed E-state index contributed by atoms with van der Waals surface area (Å²) < 4.78 is 2.09. The van der Waals surface area contributed by atoms with Gasteiger partial charge in [0, 0.05) is 11.9 Å². The van der Waals surface area contributed by atoms with E-state index in [-0.39, 0.29) is 5.41 Å². The van der Waals surface area contributed by atoms with E-state index in [2.05, 4.69) is 49.7 Å². The Balaban J connectivity index is 2.45. The molecular formula is C16H25N3. The van der Waals surface area contributed by atoms with Crippen LogP contribution in [0.3, 0.4) is 0 Å². The number of rotatable bonds is 6. The molecule has 0 spiro atoms. The minimum Gasteiger partial charge on any atom is -0.330 e. The summed E-state index contributed by atoms with van der Waals surface area (Å²) in [5.74, 6) is 0. The lowest BCUT2D eigenvalue weighted by Crippen LogP contribution is -2.31. The molecule has 1 aromatic heterocycles. The summed E-state index contributed by atoms with van der Waals surface area (Å²) in [5, 5.41) is 6.08. The monoisotopic (exact) mass is 259 g/mol. The molecule has 0 saturated heterocycles. The van der Waals surface area contributed by atoms with Crippen LogP contribution in [0.1, 0.15) is 39.3 Å². The Morgan fingerprint density at radius 1 is 1.16 bits per heavy atom. The van der Waals surface area contributed by atoms with Crippen LogP contribution >= 0.6 is 0 Å². The number of hydrogen-bond donors (Lipinski definition) is 1. The lowest BCUT2D eigenvalue weighted by molar-refractivity contribution is 0.268. The zero-order valence-electron chi connectivity index (χ0n) is 12.3. The van der Waals surface area contributed by atoms with Gasteiger partial charge in [-0.05, 0) is 44.2 Å². The predicted octanol–water partition coefficient (Wildman–Crippen LogP) is 3.36. The highest BCUT2D eigenvalue weighted by Gasteiger charge is 2.27. The maximum atomic E-state index is 6.03. The Kier molecular flexibility index (Phi) is 4.25. The van der Waals surface area contributed by atoms with E-state index in [1.54, 1.807) is 0 Å². The van der Waals surface area contributed by atoms with Crippen LogP contribution in [0.4, 0.5) is 0 Å². The molecule has 0 bridgehead atoms. The van der Waals surface area contributed by atoms with Gasteiger partial charge in [0.15, 0.2) is 0 Å². The molecule has 0 atom stereocenters. The average molecular weight is 259 g/mol. The summed E-state index contributed by atoms with van der Waals surface area (Å²) in [6, 6.07) is 8.50. The standard InChI is InChI=1S/C16H25N3/c1-4-16(5-2,12-17)11-14-13-9-7-8-10-15(13)19(6-3)18-14/h7-10H,4-6,11-12,17H2,1-3H3. The minimum atomic E-state index is 0.190. The van der Waals surface area contributed by atoms with Crippen molar-refractivity contribution in [2.45, 2.75) is 46.6 Å². The van der Waals surface area contributed by atoms with Gasteiger partial charge in [-0.3, -0.25) is 4.68 Å². The molecule has 0 saturated carbocycles. The van der Waals surface area contributed by atoms with E-state index in [0.29, 0.717) is 0 Å². The number of nitrogens with zero attached hydrogens (tertiary/aromatic N) is 2. The zero-order valence-corrected chi connectivity index (χ0v) is 12.3. The van der Waals surface area contributed by atoms with Crippen molar-refractivity contribution < 1.29 is 0 Å². The normalized spacial score (nSPS) is 12.2. The lowest BCUT2D eigenvalue weighted by atomic mass is 9.78. The largest absolute Gasteiger partial charge is 0.330 e. The minimum absolute atomic E-state index is 0.190. The number of para-hydroxylation sites is 1. The van der Waals surface area contributed by atoms with Gasteiger partial charge in [-0.15, -0.1) is 0 Å². The summed E-state index contributed by atoms with van der Waals surface area (Å²) in [4.78, 5) is 0. The van der Waals surface area contributed by atoms with Crippen molar-refractivity contribution in [3.63, 3.8) is 0 Å². The fourth-order valence-electron chi connectivity index (χ4n) is 2.78. The molecule has 0 aliphatic rings. The number of fused-ring (bicyclic) bond motifs is 1. The molecule has 0 amide bonds. The second-order valence-corrected chi connectivity index (χ2v) is 5.37. The molecule has 2 aromatic rings. The first kappa shape index (κ1) is 14.1. The first-order valence-corrected chi connectivity index (χ1v) is 7.34. The Labute approximate surface area is 115 Å². The summed E-state index contributed by atoms with van der Waals surface area (Å²) in [5.41, 5.74) is 8.65. The van der Waals surface area contributed by atoms with Crippen molar-refractivity contribution in [2.24, 2.45) is 11.1 Å². The predicted molar refractivity (Wildman–Crippen MR) is 81.2 cm³/mol. The van der Waals surface area contributed by atoms with Crippen molar-refractivity contribution in [3.05, 3.63) is 30.0 Å². The van der Waals surface area contributed by atoms with E-state index in [4.69, 9.17) is 10.8 Å². The summed E-state index contributed by atoms with van der Waals surface area (Å²) in [6.45, 7) is 8.24. The van der Waals surface area contributed by atoms with E-state index < -0.39 is 0 Å². The van der Waals surface area contributed by atoms with Gasteiger partial charge in [0.1, 0.15) is 0 Å². The molecule has 0 aliphatic heterocycles. The molecule has 2 rings (SSSR count). The van der Waals surface area contributed by atoms with Gasteiger partial charge in [-0.25, -0.2) is 0 Å². The van der Waals surface area contributed by atoms with Crippen molar-refractivity contribution in [1.29, 1.82) is 0 Å². The fourth-order valence-corrected chi connectivity index (χ4v) is 2.78. The molecule has 0 unspecified atom stereocenters. The van der Waals surface area contributed by atoms with Gasteiger partial charge in [-0.1, -0.05) is 32.0 Å². The highest BCUT2D eigenvalue weighted by atomic mass is 15.3. The number of aryl methyl sites for hydroxylation is 1. The molecular weight excluding hydrogens is 234 g/mol.